The molecule has 17 heavy (non-hydrogen) atoms. The second-order valence-electron chi connectivity index (χ2n) is 4.79. The Bertz CT molecular complexity index is 396. The molecule has 1 aliphatic rings. The lowest BCUT2D eigenvalue weighted by Gasteiger charge is -2.26. The van der Waals surface area contributed by atoms with Gasteiger partial charge in [-0.05, 0) is 36.8 Å². The lowest BCUT2D eigenvalue weighted by Crippen LogP contribution is -2.29. The van der Waals surface area contributed by atoms with Gasteiger partial charge < -0.3 is 4.98 Å². The SMILES string of the molecule is C[C@@H]1CCC[C@@H](C)C1=NNC(=O)c1ccc[nH]1. The number of nitrogens with zero attached hydrogens (tertiary/aromatic N) is 1. The Balaban J connectivity index is 2.02. The van der Waals surface area contributed by atoms with Crippen LogP contribution < -0.4 is 5.43 Å². The second-order valence-corrected chi connectivity index (χ2v) is 4.79. The Morgan fingerprint density at radius 3 is 2.71 bits per heavy atom. The summed E-state index contributed by atoms with van der Waals surface area (Å²) < 4.78 is 0. The number of aromatic amines is 1. The normalized spacial score (nSPS) is 24.5. The third-order valence-electron chi connectivity index (χ3n) is 3.41. The van der Waals surface area contributed by atoms with Crippen LogP contribution in [0.25, 0.3) is 0 Å². The Morgan fingerprint density at radius 1 is 1.41 bits per heavy atom. The van der Waals surface area contributed by atoms with Crippen LogP contribution >= 0.6 is 0 Å². The van der Waals surface area contributed by atoms with Gasteiger partial charge in [-0.2, -0.15) is 5.10 Å². The molecule has 0 aliphatic heterocycles. The molecular weight excluding hydrogens is 214 g/mol. The number of hydrogen-bond donors (Lipinski definition) is 2. The Hall–Kier alpha value is -1.58. The molecule has 0 spiro atoms. The van der Waals surface area contributed by atoms with E-state index in [1.54, 1.807) is 18.3 Å². The fourth-order valence-corrected chi connectivity index (χ4v) is 2.38. The van der Waals surface area contributed by atoms with Crippen molar-refractivity contribution in [3.05, 3.63) is 24.0 Å². The van der Waals surface area contributed by atoms with Gasteiger partial charge in [0.05, 0.1) is 0 Å². The van der Waals surface area contributed by atoms with Gasteiger partial charge in [-0.1, -0.05) is 20.3 Å². The van der Waals surface area contributed by atoms with E-state index in [4.69, 9.17) is 0 Å². The highest BCUT2D eigenvalue weighted by atomic mass is 16.2. The van der Waals surface area contributed by atoms with Gasteiger partial charge in [0.15, 0.2) is 0 Å². The van der Waals surface area contributed by atoms with Gasteiger partial charge in [-0.15, -0.1) is 0 Å². The second kappa shape index (κ2) is 5.17. The molecule has 1 heterocycles. The molecule has 92 valence electrons. The zero-order valence-electron chi connectivity index (χ0n) is 10.4. The molecule has 4 nitrogen and oxygen atoms in total. The van der Waals surface area contributed by atoms with Crippen LogP contribution in [0.15, 0.2) is 23.4 Å². The van der Waals surface area contributed by atoms with Crippen molar-refractivity contribution in [3.63, 3.8) is 0 Å². The van der Waals surface area contributed by atoms with Gasteiger partial charge in [0, 0.05) is 11.9 Å². The molecule has 2 rings (SSSR count). The summed E-state index contributed by atoms with van der Waals surface area (Å²) in [5, 5.41) is 4.30. The van der Waals surface area contributed by atoms with Gasteiger partial charge in [-0.25, -0.2) is 5.43 Å². The van der Waals surface area contributed by atoms with E-state index in [0.717, 1.165) is 5.71 Å². The largest absolute Gasteiger partial charge is 0.357 e. The lowest BCUT2D eigenvalue weighted by atomic mass is 9.81. The van der Waals surface area contributed by atoms with Crippen molar-refractivity contribution >= 4 is 11.6 Å². The summed E-state index contributed by atoms with van der Waals surface area (Å²) in [6.07, 6.45) is 5.32. The number of H-pyrrole nitrogens is 1. The maximum absolute atomic E-state index is 11.7. The van der Waals surface area contributed by atoms with Crippen molar-refractivity contribution in [3.8, 4) is 0 Å². The summed E-state index contributed by atoms with van der Waals surface area (Å²) in [5.74, 6) is 0.776. The van der Waals surface area contributed by atoms with Gasteiger partial charge in [0.25, 0.3) is 5.91 Å². The summed E-state index contributed by atoms with van der Waals surface area (Å²) in [4.78, 5) is 14.6. The number of amides is 1. The van der Waals surface area contributed by atoms with Crippen molar-refractivity contribution in [2.45, 2.75) is 33.1 Å². The summed E-state index contributed by atoms with van der Waals surface area (Å²) in [6.45, 7) is 4.35. The number of nitrogens with one attached hydrogen (secondary N) is 2. The molecule has 1 aromatic rings. The van der Waals surface area contributed by atoms with Crippen LogP contribution in [0, 0.1) is 11.8 Å². The van der Waals surface area contributed by atoms with Gasteiger partial charge in [0.2, 0.25) is 0 Å². The fraction of sp³-hybridized carbons (Fsp3) is 0.538. The van der Waals surface area contributed by atoms with Gasteiger partial charge in [0.1, 0.15) is 5.69 Å². The molecule has 1 aliphatic carbocycles. The third kappa shape index (κ3) is 2.75. The predicted octanol–water partition coefficient (Wildman–Crippen LogP) is 2.56. The van der Waals surface area contributed by atoms with Crippen molar-refractivity contribution in [2.24, 2.45) is 16.9 Å². The van der Waals surface area contributed by atoms with Crippen molar-refractivity contribution in [1.82, 2.24) is 10.4 Å². The highest BCUT2D eigenvalue weighted by Gasteiger charge is 2.23. The quantitative estimate of drug-likeness (QED) is 0.758. The van der Waals surface area contributed by atoms with E-state index in [9.17, 15) is 4.79 Å². The van der Waals surface area contributed by atoms with E-state index in [-0.39, 0.29) is 5.91 Å². The topological polar surface area (TPSA) is 57.2 Å². The minimum absolute atomic E-state index is 0.174. The molecule has 0 radical (unpaired) electrons. The van der Waals surface area contributed by atoms with Crippen molar-refractivity contribution < 1.29 is 4.79 Å². The average Bonchev–Trinajstić information content (AvgIpc) is 2.81. The highest BCUT2D eigenvalue weighted by Crippen LogP contribution is 2.25. The molecule has 0 saturated heterocycles. The molecule has 1 saturated carbocycles. The molecule has 1 fully saturated rings. The summed E-state index contributed by atoms with van der Waals surface area (Å²) in [5.41, 5.74) is 4.30. The van der Waals surface area contributed by atoms with Crippen LogP contribution in [0.3, 0.4) is 0 Å². The standard InChI is InChI=1S/C13H19N3O/c1-9-5-3-6-10(2)12(9)15-16-13(17)11-7-4-8-14-11/h4,7-10,14H,3,5-6H2,1-2H3,(H,16,17)/t9-,10-/m1/s1. The molecule has 4 heteroatoms. The fourth-order valence-electron chi connectivity index (χ4n) is 2.38. The van der Waals surface area contributed by atoms with Crippen LogP contribution in [0.2, 0.25) is 0 Å². The Labute approximate surface area is 101 Å². The summed E-state index contributed by atoms with van der Waals surface area (Å²) >= 11 is 0. The predicted molar refractivity (Wildman–Crippen MR) is 67.9 cm³/mol. The molecule has 0 bridgehead atoms. The van der Waals surface area contributed by atoms with E-state index in [1.807, 2.05) is 0 Å². The highest BCUT2D eigenvalue weighted by molar-refractivity contribution is 5.95. The maximum Gasteiger partial charge on any atom is 0.287 e. The first kappa shape index (κ1) is 11.9. The Kier molecular flexibility index (Phi) is 3.61. The molecule has 0 unspecified atom stereocenters. The van der Waals surface area contributed by atoms with E-state index in [0.29, 0.717) is 17.5 Å². The van der Waals surface area contributed by atoms with Crippen LogP contribution in [0.5, 0.6) is 0 Å². The van der Waals surface area contributed by atoms with Crippen molar-refractivity contribution in [1.29, 1.82) is 0 Å². The van der Waals surface area contributed by atoms with Crippen LogP contribution in [-0.2, 0) is 0 Å². The molecule has 1 aromatic heterocycles. The van der Waals surface area contributed by atoms with Crippen molar-refractivity contribution in [2.75, 3.05) is 0 Å². The molecular formula is C13H19N3O. The first-order valence-electron chi connectivity index (χ1n) is 6.19. The summed E-state index contributed by atoms with van der Waals surface area (Å²) in [6, 6.07) is 3.54. The summed E-state index contributed by atoms with van der Waals surface area (Å²) in [7, 11) is 0. The van der Waals surface area contributed by atoms with E-state index >= 15 is 0 Å². The van der Waals surface area contributed by atoms with Crippen LogP contribution in [-0.4, -0.2) is 16.6 Å². The minimum atomic E-state index is -0.174. The maximum atomic E-state index is 11.7. The third-order valence-corrected chi connectivity index (χ3v) is 3.41. The molecule has 1 amide bonds. The van der Waals surface area contributed by atoms with Gasteiger partial charge in [-0.3, -0.25) is 4.79 Å². The van der Waals surface area contributed by atoms with E-state index in [2.05, 4.69) is 29.4 Å². The number of carbonyl (C=O) groups excluding carboxylic acids is 1. The van der Waals surface area contributed by atoms with E-state index in [1.165, 1.54) is 19.3 Å². The number of aromatic nitrogens is 1. The number of hydrogen-bond acceptors (Lipinski definition) is 2. The zero-order chi connectivity index (χ0) is 12.3. The van der Waals surface area contributed by atoms with E-state index < -0.39 is 0 Å². The lowest BCUT2D eigenvalue weighted by molar-refractivity contribution is 0.0950. The minimum Gasteiger partial charge on any atom is -0.357 e. The molecule has 2 atom stereocenters. The number of hydrazone groups is 1. The van der Waals surface area contributed by atoms with Crippen LogP contribution in [0.4, 0.5) is 0 Å². The number of carbonyl (C=O) groups is 1. The average molecular weight is 233 g/mol. The molecule has 2 N–H and O–H groups in total. The Morgan fingerprint density at radius 2 is 2.12 bits per heavy atom. The number of rotatable bonds is 2. The molecule has 0 aromatic carbocycles. The monoisotopic (exact) mass is 233 g/mol. The first-order valence-corrected chi connectivity index (χ1v) is 6.19. The van der Waals surface area contributed by atoms with Gasteiger partial charge >= 0.3 is 0 Å². The first-order chi connectivity index (χ1) is 8.18. The zero-order valence-corrected chi connectivity index (χ0v) is 10.4. The smallest absolute Gasteiger partial charge is 0.287 e. The van der Waals surface area contributed by atoms with Crippen LogP contribution in [0.1, 0.15) is 43.6 Å².